The molecule has 13 heterocycles. The van der Waals surface area contributed by atoms with E-state index in [0.717, 1.165) is 127 Å². The van der Waals surface area contributed by atoms with Crippen LogP contribution in [0.5, 0.6) is 5.75 Å². The molecule has 0 unspecified atom stereocenters. The topological polar surface area (TPSA) is 280 Å². The van der Waals surface area contributed by atoms with Crippen molar-refractivity contribution >= 4 is 0 Å². The highest BCUT2D eigenvalue weighted by atomic mass is 19.2. The molecule has 14 rings (SSSR count). The minimum absolute atomic E-state index is 0.106. The molecule has 0 radical (unpaired) electrons. The number of aryl methyl sites for hydroxylation is 1. The lowest BCUT2D eigenvalue weighted by Crippen LogP contribution is -2.31. The Morgan fingerprint density at radius 2 is 0.537 bits per heavy atom. The molecule has 134 heavy (non-hydrogen) atoms. The maximum Gasteiger partial charge on any atom is 0.188 e. The number of hydrogen-bond donors (Lipinski definition) is 2. The van der Waals surface area contributed by atoms with Gasteiger partial charge in [0.15, 0.2) is 34.3 Å². The summed E-state index contributed by atoms with van der Waals surface area (Å²) in [7, 11) is 1.68. The number of aliphatic hydroxyl groups is 2. The van der Waals surface area contributed by atoms with Crippen LogP contribution >= 0.6 is 0 Å². The Labute approximate surface area is 781 Å². The second kappa shape index (κ2) is 61.0. The van der Waals surface area contributed by atoms with Crippen LogP contribution < -0.4 is 4.74 Å². The summed E-state index contributed by atoms with van der Waals surface area (Å²) < 4.78 is 90.7. The Balaban J connectivity index is 0.000000176. The minimum Gasteiger partial charge on any atom is -0.496 e. The first-order valence-electron chi connectivity index (χ1n) is 44.2. The van der Waals surface area contributed by atoms with Gasteiger partial charge in [0.2, 0.25) is 0 Å². The summed E-state index contributed by atoms with van der Waals surface area (Å²) >= 11 is 0. The van der Waals surface area contributed by atoms with Crippen molar-refractivity contribution in [2.45, 2.75) is 151 Å². The van der Waals surface area contributed by atoms with Crippen molar-refractivity contribution in [2.75, 3.05) is 61.1 Å². The quantitative estimate of drug-likeness (QED) is 0.0335. The van der Waals surface area contributed by atoms with E-state index in [4.69, 9.17) is 38.5 Å². The van der Waals surface area contributed by atoms with Crippen molar-refractivity contribution in [1.29, 1.82) is 0 Å². The van der Waals surface area contributed by atoms with Gasteiger partial charge in [0, 0.05) is 134 Å². The van der Waals surface area contributed by atoms with Crippen LogP contribution in [0.4, 0.5) is 22.0 Å². The molecule has 702 valence electrons. The third-order valence-corrected chi connectivity index (χ3v) is 20.2. The molecular formula is C103H117F5N18O8. The Morgan fingerprint density at radius 3 is 0.836 bits per heavy atom. The molecule has 0 saturated carbocycles. The van der Waals surface area contributed by atoms with Crippen molar-refractivity contribution in [3.63, 3.8) is 0 Å². The van der Waals surface area contributed by atoms with E-state index in [1.807, 2.05) is 249 Å². The second-order valence-corrected chi connectivity index (χ2v) is 30.5. The Morgan fingerprint density at radius 1 is 0.269 bits per heavy atom. The number of benzene rings is 1. The highest BCUT2D eigenvalue weighted by Crippen LogP contribution is 2.30. The third-order valence-electron chi connectivity index (χ3n) is 20.2. The molecule has 13 aromatic heterocycles. The summed E-state index contributed by atoms with van der Waals surface area (Å²) in [6.45, 7) is 10.1. The lowest BCUT2D eigenvalue weighted by Gasteiger charge is -2.31. The van der Waals surface area contributed by atoms with Crippen LogP contribution in [-0.4, -0.2) is 161 Å². The van der Waals surface area contributed by atoms with E-state index in [0.29, 0.717) is 102 Å². The predicted octanol–water partition coefficient (Wildman–Crippen LogP) is 17.5. The highest BCUT2D eigenvalue weighted by Gasteiger charge is 2.27. The maximum absolute atomic E-state index is 12.5. The van der Waals surface area contributed by atoms with Crippen LogP contribution in [0, 0.1) is 0 Å². The van der Waals surface area contributed by atoms with Crippen LogP contribution in [0.3, 0.4) is 0 Å². The number of para-hydroxylation sites is 1. The van der Waals surface area contributed by atoms with Gasteiger partial charge in [-0.2, -0.15) is 0 Å². The van der Waals surface area contributed by atoms with Gasteiger partial charge in [-0.25, -0.2) is 22.0 Å². The van der Waals surface area contributed by atoms with Crippen molar-refractivity contribution in [1.82, 2.24) is 89.3 Å². The first kappa shape index (κ1) is 103. The van der Waals surface area contributed by atoms with Crippen molar-refractivity contribution in [3.8, 4) is 5.75 Å². The maximum atomic E-state index is 12.5. The van der Waals surface area contributed by atoms with Crippen molar-refractivity contribution in [3.05, 3.63) is 417 Å². The molecule has 1 aromatic carbocycles. The molecule has 0 aliphatic rings. The van der Waals surface area contributed by atoms with Gasteiger partial charge in [-0.1, -0.05) is 111 Å². The molecule has 0 saturated heterocycles. The lowest BCUT2D eigenvalue weighted by molar-refractivity contribution is 0.0441. The van der Waals surface area contributed by atoms with Crippen LogP contribution in [0.2, 0.25) is 0 Å². The number of rotatable bonds is 49. The molecule has 26 nitrogen and oxygen atoms in total. The predicted molar refractivity (Wildman–Crippen MR) is 500 cm³/mol. The molecule has 0 amide bonds. The van der Waals surface area contributed by atoms with Crippen molar-refractivity contribution < 1.29 is 60.6 Å². The molecule has 14 aromatic rings. The normalized spacial score (nSPS) is 11.1. The van der Waals surface area contributed by atoms with Gasteiger partial charge in [-0.3, -0.25) is 89.3 Å². The summed E-state index contributed by atoms with van der Waals surface area (Å²) in [6, 6.07) is 83.1. The largest absolute Gasteiger partial charge is 0.496 e. The van der Waals surface area contributed by atoms with E-state index in [1.54, 1.807) is 50.4 Å². The summed E-state index contributed by atoms with van der Waals surface area (Å²) in [5, 5.41) is 18.5. The van der Waals surface area contributed by atoms with Crippen LogP contribution in [0.25, 0.3) is 0 Å². The third kappa shape index (κ3) is 38.4. The fourth-order valence-corrected chi connectivity index (χ4v) is 14.3. The smallest absolute Gasteiger partial charge is 0.188 e. The number of alkyl halides is 5. The van der Waals surface area contributed by atoms with Crippen LogP contribution in [-0.2, 0) is 148 Å². The van der Waals surface area contributed by atoms with Gasteiger partial charge >= 0.3 is 0 Å². The molecule has 31 heteroatoms. The van der Waals surface area contributed by atoms with Gasteiger partial charge in [0.1, 0.15) is 5.75 Å². The van der Waals surface area contributed by atoms with Gasteiger partial charge in [0.25, 0.3) is 0 Å². The van der Waals surface area contributed by atoms with Crippen LogP contribution in [0.15, 0.2) is 298 Å². The zero-order valence-electron chi connectivity index (χ0n) is 76.0. The average molecular weight is 1830 g/mol. The number of halogens is 5. The molecule has 0 atom stereocenters. The van der Waals surface area contributed by atoms with Crippen molar-refractivity contribution in [2.24, 2.45) is 0 Å². The van der Waals surface area contributed by atoms with Gasteiger partial charge in [-0.05, 0) is 183 Å². The average Bonchev–Trinajstić information content (AvgIpc) is 0.805. The molecule has 0 bridgehead atoms. The van der Waals surface area contributed by atoms with Gasteiger partial charge in [-0.15, -0.1) is 0 Å². The number of ether oxygens (including phenoxy) is 6. The zero-order chi connectivity index (χ0) is 94.0. The number of aliphatic hydroxyl groups excluding tert-OH is 2. The second-order valence-electron chi connectivity index (χ2n) is 30.5. The van der Waals surface area contributed by atoms with E-state index in [-0.39, 0.29) is 52.3 Å². The van der Waals surface area contributed by atoms with Gasteiger partial charge in [0.05, 0.1) is 168 Å². The zero-order valence-corrected chi connectivity index (χ0v) is 76.0. The molecule has 2 N–H and O–H groups in total. The fourth-order valence-electron chi connectivity index (χ4n) is 14.3. The van der Waals surface area contributed by atoms with E-state index in [1.165, 1.54) is 0 Å². The first-order valence-corrected chi connectivity index (χ1v) is 44.2. The Hall–Kier alpha value is -12.9. The highest BCUT2D eigenvalue weighted by molar-refractivity contribution is 5.34. The number of aromatic nitrogens is 13. The van der Waals surface area contributed by atoms with E-state index in [9.17, 15) is 27.1 Å². The molecule has 0 aliphatic carbocycles. The number of hydrogen-bond acceptors (Lipinski definition) is 26. The standard InChI is InChI=1S/C26H26FN5O2.C22H25FN4O.C22H24FN3O2.C20H21FN4O.C13H21FN2O2/c27-19-34-18-23-10-6-8-21(31-23)16-32(15-20-7-5-9-22(17-33)30-20)26(24-11-1-3-13-28-24)25-12-2-4-14-29-25;1-2-18-8-5-9-20(25-18)14-27(13-19-7-3-4-12-24-19)15-21-10-6-11-22(26-21)16-28-17-23;1-27-22-11-3-2-7-18(22)13-26(14-19-8-4-5-12-24-19)15-20-9-6-10-21(25-20)16-28-17-23;21-16-26-15-20-9-5-8-19(24-20)14-25(12-17-6-1-3-10-22-17)13-18-7-2-4-11-23-18;1-2-6-16(7-8-17)9-12-4-3-5-13(15-12)10-18-11-14/h1-14,26,33H,15-19H2;3-12H,2,13-17H2,1H3;2-12H,13-17H2,1H3;1-11H,12-16H2;3-5,17H,2,6-11H2,1H3. The molecule has 0 aliphatic heterocycles. The Kier molecular flexibility index (Phi) is 47.0. The summed E-state index contributed by atoms with van der Waals surface area (Å²) in [6.07, 6.45) is 12.7. The summed E-state index contributed by atoms with van der Waals surface area (Å²) in [4.78, 5) is 70.2. The lowest BCUT2D eigenvalue weighted by atomic mass is 10.1. The van der Waals surface area contributed by atoms with Crippen LogP contribution in [0.1, 0.15) is 146 Å². The summed E-state index contributed by atoms with van der Waals surface area (Å²) in [5.41, 5.74) is 18.2. The van der Waals surface area contributed by atoms with E-state index >= 15 is 0 Å². The monoisotopic (exact) mass is 1830 g/mol. The Bertz CT molecular complexity index is 5450. The summed E-state index contributed by atoms with van der Waals surface area (Å²) in [5.74, 6) is 0.853. The minimum atomic E-state index is -0.855. The molecule has 0 spiro atoms. The number of nitrogens with zero attached hydrogens (tertiary/aromatic N) is 18. The number of pyridine rings is 13. The molecular weight excluding hydrogens is 1710 g/mol. The van der Waals surface area contributed by atoms with Gasteiger partial charge < -0.3 is 38.6 Å². The fraction of sp³-hybridized carbons (Fsp3) is 0.311. The van der Waals surface area contributed by atoms with E-state index in [2.05, 4.69) is 104 Å². The number of methoxy groups -OCH3 is 1. The SMILES string of the molecule is CCCN(CCO)Cc1cccc(COCF)n1.CCc1cccc(CN(Cc2ccccn2)Cc2cccc(COCF)n2)n1.COc1ccccc1CN(Cc1ccccn1)Cc1cccc(COCF)n1.FCOCc1cccc(CN(Cc2ccccn2)Cc2ccccn2)n1.OCc1cccc(CN(Cc2cccc(COCF)n2)C(c2ccccn2)c2ccccn2)n1. The molecule has 0 fully saturated rings. The first-order chi connectivity index (χ1) is 65.9. The van der Waals surface area contributed by atoms with E-state index < -0.39 is 34.3 Å².